The molecule has 0 aliphatic carbocycles. The van der Waals surface area contributed by atoms with Crippen LogP contribution in [0.3, 0.4) is 0 Å². The van der Waals surface area contributed by atoms with E-state index < -0.39 is 5.60 Å². The van der Waals surface area contributed by atoms with Gasteiger partial charge in [-0.05, 0) is 46.1 Å². The minimum atomic E-state index is -0.752. The third kappa shape index (κ3) is 7.79. The number of nitrogens with zero attached hydrogens (tertiary/aromatic N) is 1. The van der Waals surface area contributed by atoms with E-state index in [1.165, 1.54) is 0 Å². The van der Waals surface area contributed by atoms with Crippen molar-refractivity contribution in [3.63, 3.8) is 0 Å². The van der Waals surface area contributed by atoms with E-state index in [4.69, 9.17) is 9.84 Å². The van der Waals surface area contributed by atoms with Gasteiger partial charge < -0.3 is 19.8 Å². The van der Waals surface area contributed by atoms with Gasteiger partial charge in [-0.25, -0.2) is 4.79 Å². The van der Waals surface area contributed by atoms with Gasteiger partial charge in [0.25, 0.3) is 0 Å². The first-order valence-corrected chi connectivity index (χ1v) is 8.56. The van der Waals surface area contributed by atoms with Crippen molar-refractivity contribution in [3.8, 4) is 0 Å². The van der Waals surface area contributed by atoms with E-state index in [0.29, 0.717) is 19.7 Å². The third-order valence-corrected chi connectivity index (χ3v) is 3.88. The zero-order valence-electron chi connectivity index (χ0n) is 15.2. The summed E-state index contributed by atoms with van der Waals surface area (Å²) in [6.45, 7) is 8.62. The summed E-state index contributed by atoms with van der Waals surface area (Å²) in [7, 11) is 0. The smallest absolute Gasteiger partial charge is 0.410 e. The SMILES string of the molecule is CC(C)(O)C1CCCN(C(=O)OCc2ccccc2)C1.CC(C)O. The van der Waals surface area contributed by atoms with Crippen LogP contribution in [0.15, 0.2) is 30.3 Å². The number of carbonyl (C=O) groups is 1. The first kappa shape index (κ1) is 20.5. The normalized spacial score (nSPS) is 18.0. The summed E-state index contributed by atoms with van der Waals surface area (Å²) in [6, 6.07) is 9.65. The summed E-state index contributed by atoms with van der Waals surface area (Å²) < 4.78 is 5.33. The average molecular weight is 337 g/mol. The van der Waals surface area contributed by atoms with Gasteiger partial charge in [-0.3, -0.25) is 0 Å². The molecule has 0 spiro atoms. The Bertz CT molecular complexity index is 479. The van der Waals surface area contributed by atoms with E-state index >= 15 is 0 Å². The summed E-state index contributed by atoms with van der Waals surface area (Å²) >= 11 is 0. The Morgan fingerprint density at radius 2 is 1.92 bits per heavy atom. The number of aliphatic hydroxyl groups excluding tert-OH is 1. The molecule has 0 saturated carbocycles. The van der Waals surface area contributed by atoms with Crippen LogP contribution >= 0.6 is 0 Å². The van der Waals surface area contributed by atoms with Crippen molar-refractivity contribution in [3.05, 3.63) is 35.9 Å². The largest absolute Gasteiger partial charge is 0.445 e. The van der Waals surface area contributed by atoms with Crippen LogP contribution in [0.25, 0.3) is 0 Å². The second-order valence-corrected chi connectivity index (χ2v) is 7.07. The highest BCUT2D eigenvalue weighted by Crippen LogP contribution is 2.27. The maximum Gasteiger partial charge on any atom is 0.410 e. The van der Waals surface area contributed by atoms with Gasteiger partial charge in [0.05, 0.1) is 5.60 Å². The van der Waals surface area contributed by atoms with Crippen LogP contribution in [0.4, 0.5) is 4.79 Å². The Kier molecular flexibility index (Phi) is 8.22. The molecule has 2 rings (SSSR count). The highest BCUT2D eigenvalue weighted by atomic mass is 16.6. The number of benzene rings is 1. The van der Waals surface area contributed by atoms with Crippen molar-refractivity contribution in [2.24, 2.45) is 5.92 Å². The summed E-state index contributed by atoms with van der Waals surface area (Å²) in [5, 5.41) is 18.1. The molecule has 1 atom stereocenters. The lowest BCUT2D eigenvalue weighted by molar-refractivity contribution is -0.0183. The molecule has 1 aliphatic rings. The zero-order valence-corrected chi connectivity index (χ0v) is 15.2. The number of aliphatic hydroxyl groups is 2. The van der Waals surface area contributed by atoms with Gasteiger partial charge in [0.1, 0.15) is 6.61 Å². The van der Waals surface area contributed by atoms with Gasteiger partial charge in [-0.1, -0.05) is 30.3 Å². The van der Waals surface area contributed by atoms with Crippen molar-refractivity contribution in [1.29, 1.82) is 0 Å². The van der Waals surface area contributed by atoms with Crippen molar-refractivity contribution in [2.45, 2.75) is 58.8 Å². The molecule has 1 fully saturated rings. The minimum absolute atomic E-state index is 0.112. The molecule has 136 valence electrons. The molecule has 1 heterocycles. The van der Waals surface area contributed by atoms with Crippen LogP contribution in [-0.4, -0.2) is 46.0 Å². The predicted molar refractivity (Wildman–Crippen MR) is 94.6 cm³/mol. The molecule has 1 aromatic carbocycles. The summed E-state index contributed by atoms with van der Waals surface area (Å²) in [6.07, 6.45) is 1.41. The van der Waals surface area contributed by atoms with Crippen molar-refractivity contribution >= 4 is 6.09 Å². The molecule has 0 bridgehead atoms. The highest BCUT2D eigenvalue weighted by Gasteiger charge is 2.33. The topological polar surface area (TPSA) is 70.0 Å². The second-order valence-electron chi connectivity index (χ2n) is 7.07. The molecule has 1 aliphatic heterocycles. The molecule has 24 heavy (non-hydrogen) atoms. The molecule has 0 aromatic heterocycles. The molecule has 5 heteroatoms. The molecule has 0 radical (unpaired) electrons. The highest BCUT2D eigenvalue weighted by molar-refractivity contribution is 5.67. The van der Waals surface area contributed by atoms with E-state index in [0.717, 1.165) is 18.4 Å². The first-order valence-electron chi connectivity index (χ1n) is 8.56. The lowest BCUT2D eigenvalue weighted by atomic mass is 9.84. The molecule has 5 nitrogen and oxygen atoms in total. The van der Waals surface area contributed by atoms with Crippen molar-refractivity contribution in [2.75, 3.05) is 13.1 Å². The Labute approximate surface area is 145 Å². The molecule has 1 saturated heterocycles. The Morgan fingerprint density at radius 3 is 2.46 bits per heavy atom. The number of carbonyl (C=O) groups excluding carboxylic acids is 1. The Balaban J connectivity index is 0.000000648. The maximum atomic E-state index is 12.1. The monoisotopic (exact) mass is 337 g/mol. The molecule has 1 unspecified atom stereocenters. The van der Waals surface area contributed by atoms with E-state index in [-0.39, 0.29) is 18.1 Å². The van der Waals surface area contributed by atoms with Crippen LogP contribution in [0.5, 0.6) is 0 Å². The summed E-state index contributed by atoms with van der Waals surface area (Å²) in [5.74, 6) is 0.112. The van der Waals surface area contributed by atoms with Crippen LogP contribution in [0.2, 0.25) is 0 Å². The zero-order chi connectivity index (χ0) is 18.2. The second kappa shape index (κ2) is 9.64. The lowest BCUT2D eigenvalue weighted by Gasteiger charge is -2.38. The number of ether oxygens (including phenoxy) is 1. The quantitative estimate of drug-likeness (QED) is 0.889. The van der Waals surface area contributed by atoms with Crippen molar-refractivity contribution in [1.82, 2.24) is 4.90 Å². The number of hydrogen-bond acceptors (Lipinski definition) is 4. The molecule has 1 amide bonds. The fourth-order valence-electron chi connectivity index (χ4n) is 2.53. The number of piperidine rings is 1. The lowest BCUT2D eigenvalue weighted by Crippen LogP contribution is -2.47. The molecule has 2 N–H and O–H groups in total. The number of likely N-dealkylation sites (tertiary alicyclic amines) is 1. The maximum absolute atomic E-state index is 12.1. The first-order chi connectivity index (χ1) is 11.2. The number of amides is 1. The van der Waals surface area contributed by atoms with Crippen molar-refractivity contribution < 1.29 is 19.7 Å². The van der Waals surface area contributed by atoms with Crippen LogP contribution in [-0.2, 0) is 11.3 Å². The van der Waals surface area contributed by atoms with Crippen LogP contribution in [0, 0.1) is 5.92 Å². The van der Waals surface area contributed by atoms with Gasteiger partial charge in [-0.2, -0.15) is 0 Å². The van der Waals surface area contributed by atoms with E-state index in [1.54, 1.807) is 32.6 Å². The number of rotatable bonds is 3. The Morgan fingerprint density at radius 1 is 1.33 bits per heavy atom. The van der Waals surface area contributed by atoms with E-state index in [9.17, 15) is 9.90 Å². The fourth-order valence-corrected chi connectivity index (χ4v) is 2.53. The van der Waals surface area contributed by atoms with Gasteiger partial charge >= 0.3 is 6.09 Å². The fraction of sp³-hybridized carbons (Fsp3) is 0.632. The van der Waals surface area contributed by atoms with E-state index in [1.807, 2.05) is 30.3 Å². The minimum Gasteiger partial charge on any atom is -0.445 e. The molecule has 1 aromatic rings. The predicted octanol–water partition coefficient (Wildman–Crippen LogP) is 3.19. The van der Waals surface area contributed by atoms with Gasteiger partial charge in [0.15, 0.2) is 0 Å². The summed E-state index contributed by atoms with van der Waals surface area (Å²) in [5.41, 5.74) is 0.232. The third-order valence-electron chi connectivity index (χ3n) is 3.88. The van der Waals surface area contributed by atoms with Crippen LogP contribution < -0.4 is 0 Å². The van der Waals surface area contributed by atoms with Gasteiger partial charge in [0.2, 0.25) is 0 Å². The van der Waals surface area contributed by atoms with Gasteiger partial charge in [-0.15, -0.1) is 0 Å². The van der Waals surface area contributed by atoms with Gasteiger partial charge in [0, 0.05) is 25.1 Å². The number of hydrogen-bond donors (Lipinski definition) is 2. The van der Waals surface area contributed by atoms with E-state index in [2.05, 4.69) is 0 Å². The Hall–Kier alpha value is -1.59. The molecular weight excluding hydrogens is 306 g/mol. The van der Waals surface area contributed by atoms with Crippen LogP contribution in [0.1, 0.15) is 46.1 Å². The summed E-state index contributed by atoms with van der Waals surface area (Å²) in [4.78, 5) is 13.8. The standard InChI is InChI=1S/C16H23NO3.C3H8O/c1-16(2,19)14-9-6-10-17(11-14)15(18)20-12-13-7-4-3-5-8-13;1-3(2)4/h3-5,7-8,14,19H,6,9-12H2,1-2H3;3-4H,1-2H3. The average Bonchev–Trinajstić information content (AvgIpc) is 2.52. The molecular formula is C19H31NO4.